The highest BCUT2D eigenvalue weighted by Gasteiger charge is 2.19. The van der Waals surface area contributed by atoms with Gasteiger partial charge in [0.05, 0.1) is 0 Å². The average Bonchev–Trinajstić information content (AvgIpc) is 3.39. The van der Waals surface area contributed by atoms with E-state index in [1.54, 1.807) is 0 Å². The fourth-order valence-corrected chi connectivity index (χ4v) is 9.45. The Kier molecular flexibility index (Phi) is 59.7. The molecule has 0 aliphatic carbocycles. The number of rotatable bonds is 59. The number of carbonyl (C=O) groups is 3. The lowest BCUT2D eigenvalue weighted by Gasteiger charge is -2.18. The van der Waals surface area contributed by atoms with E-state index in [9.17, 15) is 14.4 Å². The molecule has 0 saturated carbocycles. The van der Waals surface area contributed by atoms with Crippen LogP contribution in [-0.2, 0) is 28.6 Å². The van der Waals surface area contributed by atoms with Gasteiger partial charge in [-0.25, -0.2) is 0 Å². The zero-order chi connectivity index (χ0) is 52.9. The zero-order valence-electron chi connectivity index (χ0n) is 48.9. The highest BCUT2D eigenvalue weighted by atomic mass is 16.6. The summed E-state index contributed by atoms with van der Waals surface area (Å²) in [6.07, 6.45) is 76.9. The molecule has 0 aromatic heterocycles. The van der Waals surface area contributed by atoms with Gasteiger partial charge in [0.15, 0.2) is 6.10 Å². The quantitative estimate of drug-likeness (QED) is 0.0261. The van der Waals surface area contributed by atoms with Crippen molar-refractivity contribution in [2.75, 3.05) is 13.2 Å². The van der Waals surface area contributed by atoms with Crippen molar-refractivity contribution >= 4 is 17.9 Å². The van der Waals surface area contributed by atoms with E-state index in [4.69, 9.17) is 14.2 Å². The maximum Gasteiger partial charge on any atom is 0.306 e. The summed E-state index contributed by atoms with van der Waals surface area (Å²) in [7, 11) is 0. The Morgan fingerprint density at radius 1 is 0.274 bits per heavy atom. The molecule has 6 nitrogen and oxygen atoms in total. The van der Waals surface area contributed by atoms with Crippen molar-refractivity contribution in [3.8, 4) is 0 Å². The van der Waals surface area contributed by atoms with Gasteiger partial charge in [-0.3, -0.25) is 14.4 Å². The van der Waals surface area contributed by atoms with Crippen molar-refractivity contribution in [1.29, 1.82) is 0 Å². The second kappa shape index (κ2) is 61.9. The van der Waals surface area contributed by atoms with E-state index >= 15 is 0 Å². The lowest BCUT2D eigenvalue weighted by Crippen LogP contribution is -2.30. The number of carbonyl (C=O) groups excluding carboxylic acids is 3. The summed E-state index contributed by atoms with van der Waals surface area (Å²) in [6, 6.07) is 0. The second-order valence-corrected chi connectivity index (χ2v) is 21.7. The third kappa shape index (κ3) is 60.1. The summed E-state index contributed by atoms with van der Waals surface area (Å²) < 4.78 is 16.9. The van der Waals surface area contributed by atoms with E-state index in [0.29, 0.717) is 19.3 Å². The Bertz CT molecular complexity index is 1270. The van der Waals surface area contributed by atoms with Gasteiger partial charge in [0, 0.05) is 19.3 Å². The van der Waals surface area contributed by atoms with Crippen LogP contribution in [0.4, 0.5) is 0 Å². The van der Waals surface area contributed by atoms with Gasteiger partial charge in [-0.15, -0.1) is 0 Å². The highest BCUT2D eigenvalue weighted by molar-refractivity contribution is 5.71. The molecule has 0 spiro atoms. The van der Waals surface area contributed by atoms with Gasteiger partial charge in [-0.2, -0.15) is 0 Å². The Morgan fingerprint density at radius 2 is 0.493 bits per heavy atom. The van der Waals surface area contributed by atoms with E-state index in [0.717, 1.165) is 77.0 Å². The molecule has 0 rings (SSSR count). The maximum atomic E-state index is 12.9. The van der Waals surface area contributed by atoms with Crippen LogP contribution in [0, 0.1) is 0 Å². The zero-order valence-corrected chi connectivity index (χ0v) is 48.9. The van der Waals surface area contributed by atoms with E-state index < -0.39 is 6.10 Å². The molecule has 0 aromatic rings. The fourth-order valence-electron chi connectivity index (χ4n) is 9.45. The number of allylic oxidation sites excluding steroid dienone is 8. The first-order valence-corrected chi connectivity index (χ1v) is 32.1. The van der Waals surface area contributed by atoms with E-state index in [-0.39, 0.29) is 31.1 Å². The molecular weight excluding hydrogens is 901 g/mol. The van der Waals surface area contributed by atoms with Crippen molar-refractivity contribution in [2.45, 2.75) is 348 Å². The molecule has 0 aliphatic heterocycles. The molecule has 0 N–H and O–H groups in total. The molecule has 0 aromatic carbocycles. The predicted molar refractivity (Wildman–Crippen MR) is 316 cm³/mol. The monoisotopic (exact) mass is 1020 g/mol. The SMILES string of the molecule is CCCCCCC/C=C\C/C=C\C/C=C\CCCCCCCCCCCCCCC(=O)OCC(COC(=O)CCCCCCCCCCCCCC)OC(=O)CCCCCCC/C=C\CCCCCCCCC. The third-order valence-electron chi connectivity index (χ3n) is 14.3. The Labute approximate surface area is 454 Å². The van der Waals surface area contributed by atoms with Crippen molar-refractivity contribution in [2.24, 2.45) is 0 Å². The van der Waals surface area contributed by atoms with E-state index in [1.807, 2.05) is 0 Å². The van der Waals surface area contributed by atoms with Crippen LogP contribution >= 0.6 is 0 Å². The van der Waals surface area contributed by atoms with Gasteiger partial charge in [0.1, 0.15) is 13.2 Å². The first kappa shape index (κ1) is 70.4. The molecule has 0 amide bonds. The van der Waals surface area contributed by atoms with Crippen LogP contribution < -0.4 is 0 Å². The van der Waals surface area contributed by atoms with Crippen LogP contribution in [0.2, 0.25) is 0 Å². The molecular formula is C67H122O6. The fraction of sp³-hybridized carbons (Fsp3) is 0.836. The molecule has 73 heavy (non-hydrogen) atoms. The van der Waals surface area contributed by atoms with Crippen LogP contribution in [0.25, 0.3) is 0 Å². The lowest BCUT2D eigenvalue weighted by molar-refractivity contribution is -0.167. The third-order valence-corrected chi connectivity index (χ3v) is 14.3. The Hall–Kier alpha value is -2.63. The van der Waals surface area contributed by atoms with Crippen LogP contribution in [0.5, 0.6) is 0 Å². The average molecular weight is 1020 g/mol. The van der Waals surface area contributed by atoms with Gasteiger partial charge >= 0.3 is 17.9 Å². The van der Waals surface area contributed by atoms with Gasteiger partial charge < -0.3 is 14.2 Å². The number of hydrogen-bond acceptors (Lipinski definition) is 6. The summed E-state index contributed by atoms with van der Waals surface area (Å²) in [5.41, 5.74) is 0. The predicted octanol–water partition coefficient (Wildman–Crippen LogP) is 21.8. The standard InChI is InChI=1S/C67H122O6/c1-4-7-10-13-16-19-22-25-27-29-30-31-32-33-34-35-36-37-38-39-41-42-45-48-51-54-57-60-66(69)72-63-64(62-71-65(68)59-56-53-50-47-44-24-21-18-15-12-9-6-3)73-67(70)61-58-55-52-49-46-43-40-28-26-23-20-17-14-11-8-5-2/h22,25,28-30,32-33,40,64H,4-21,23-24,26-27,31,34-39,41-63H2,1-3H3/b25-22-,30-29-,33-32-,40-28-. The normalized spacial score (nSPS) is 12.3. The molecule has 1 unspecified atom stereocenters. The minimum atomic E-state index is -0.776. The minimum Gasteiger partial charge on any atom is -0.462 e. The van der Waals surface area contributed by atoms with Gasteiger partial charge in [0.2, 0.25) is 0 Å². The van der Waals surface area contributed by atoms with Crippen LogP contribution in [-0.4, -0.2) is 37.2 Å². The van der Waals surface area contributed by atoms with E-state index in [2.05, 4.69) is 69.4 Å². The van der Waals surface area contributed by atoms with Crippen molar-refractivity contribution in [3.05, 3.63) is 48.6 Å². The van der Waals surface area contributed by atoms with Crippen LogP contribution in [0.3, 0.4) is 0 Å². The lowest BCUT2D eigenvalue weighted by atomic mass is 10.0. The number of unbranched alkanes of at least 4 members (excludes halogenated alkanes) is 40. The molecule has 0 heterocycles. The Balaban J connectivity index is 4.23. The summed E-state index contributed by atoms with van der Waals surface area (Å²) in [5.74, 6) is -0.865. The summed E-state index contributed by atoms with van der Waals surface area (Å²) in [4.78, 5) is 38.2. The maximum absolute atomic E-state index is 12.9. The summed E-state index contributed by atoms with van der Waals surface area (Å²) in [6.45, 7) is 6.66. The summed E-state index contributed by atoms with van der Waals surface area (Å²) in [5, 5.41) is 0. The molecule has 1 atom stereocenters. The number of ether oxygens (including phenoxy) is 3. The van der Waals surface area contributed by atoms with Crippen LogP contribution in [0.1, 0.15) is 342 Å². The molecule has 0 saturated heterocycles. The number of esters is 3. The smallest absolute Gasteiger partial charge is 0.306 e. The molecule has 6 heteroatoms. The number of hydrogen-bond donors (Lipinski definition) is 0. The highest BCUT2D eigenvalue weighted by Crippen LogP contribution is 2.17. The minimum absolute atomic E-state index is 0.0729. The first-order chi connectivity index (χ1) is 36.0. The molecule has 0 bridgehead atoms. The summed E-state index contributed by atoms with van der Waals surface area (Å²) >= 11 is 0. The molecule has 0 radical (unpaired) electrons. The van der Waals surface area contributed by atoms with Crippen molar-refractivity contribution in [1.82, 2.24) is 0 Å². The van der Waals surface area contributed by atoms with Gasteiger partial charge in [-0.05, 0) is 83.5 Å². The molecule has 0 fully saturated rings. The van der Waals surface area contributed by atoms with Crippen molar-refractivity contribution in [3.63, 3.8) is 0 Å². The topological polar surface area (TPSA) is 78.9 Å². The second-order valence-electron chi connectivity index (χ2n) is 21.7. The van der Waals surface area contributed by atoms with Crippen molar-refractivity contribution < 1.29 is 28.6 Å². The van der Waals surface area contributed by atoms with Gasteiger partial charge in [-0.1, -0.05) is 288 Å². The molecule has 426 valence electrons. The van der Waals surface area contributed by atoms with Crippen LogP contribution in [0.15, 0.2) is 48.6 Å². The first-order valence-electron chi connectivity index (χ1n) is 32.1. The van der Waals surface area contributed by atoms with Gasteiger partial charge in [0.25, 0.3) is 0 Å². The Morgan fingerprint density at radius 3 is 0.781 bits per heavy atom. The van der Waals surface area contributed by atoms with E-state index in [1.165, 1.54) is 225 Å². The largest absolute Gasteiger partial charge is 0.462 e. The molecule has 0 aliphatic rings.